The minimum atomic E-state index is 1.05. The Morgan fingerprint density at radius 1 is 1.33 bits per heavy atom. The lowest BCUT2D eigenvalue weighted by Gasteiger charge is -2.22. The average Bonchev–Trinajstić information content (AvgIpc) is 2.10. The molecule has 0 aliphatic carbocycles. The third-order valence-corrected chi connectivity index (χ3v) is 2.12. The molecule has 65 valence electrons. The molecular formula is C11H16N. The van der Waals surface area contributed by atoms with Crippen molar-refractivity contribution in [2.24, 2.45) is 0 Å². The Labute approximate surface area is 75.0 Å². The van der Waals surface area contributed by atoms with Gasteiger partial charge in [-0.3, -0.25) is 0 Å². The van der Waals surface area contributed by atoms with Crippen LogP contribution in [0.1, 0.15) is 19.4 Å². The molecule has 0 saturated carbocycles. The van der Waals surface area contributed by atoms with Gasteiger partial charge in [-0.25, -0.2) is 0 Å². The van der Waals surface area contributed by atoms with Gasteiger partial charge in [-0.1, -0.05) is 18.2 Å². The summed E-state index contributed by atoms with van der Waals surface area (Å²) in [6.07, 6.45) is 0. The summed E-state index contributed by atoms with van der Waals surface area (Å²) in [5.41, 5.74) is 2.55. The summed E-state index contributed by atoms with van der Waals surface area (Å²) >= 11 is 0. The zero-order valence-electron chi connectivity index (χ0n) is 8.09. The first-order chi connectivity index (χ1) is 5.79. The molecule has 1 heteroatoms. The number of aryl methyl sites for hydroxylation is 1. The van der Waals surface area contributed by atoms with E-state index in [2.05, 4.69) is 37.8 Å². The lowest BCUT2D eigenvalue weighted by atomic mass is 10.2. The molecule has 1 aromatic rings. The lowest BCUT2D eigenvalue weighted by molar-refractivity contribution is 0.861. The first-order valence-corrected chi connectivity index (χ1v) is 4.51. The van der Waals surface area contributed by atoms with Gasteiger partial charge in [0.15, 0.2) is 0 Å². The Kier molecular flexibility index (Phi) is 3.15. The van der Waals surface area contributed by atoms with Crippen molar-refractivity contribution in [2.45, 2.75) is 20.8 Å². The second-order valence-electron chi connectivity index (χ2n) is 2.87. The normalized spacial score (nSPS) is 9.92. The summed E-state index contributed by atoms with van der Waals surface area (Å²) in [6.45, 7) is 8.58. The summed E-state index contributed by atoms with van der Waals surface area (Å²) in [6, 6.07) is 9.40. The fourth-order valence-corrected chi connectivity index (χ4v) is 1.39. The van der Waals surface area contributed by atoms with E-state index in [-0.39, 0.29) is 0 Å². The van der Waals surface area contributed by atoms with E-state index in [9.17, 15) is 0 Å². The smallest absolute Gasteiger partial charge is 0.0476 e. The van der Waals surface area contributed by atoms with Gasteiger partial charge in [0, 0.05) is 24.8 Å². The van der Waals surface area contributed by atoms with Crippen molar-refractivity contribution >= 4 is 5.69 Å². The SMILES string of the molecule is CCN(CC)c1[c]cccc1C. The Hall–Kier alpha value is -0.980. The molecule has 0 aliphatic rings. The zero-order valence-corrected chi connectivity index (χ0v) is 8.09. The van der Waals surface area contributed by atoms with Crippen LogP contribution in [0.15, 0.2) is 18.2 Å². The van der Waals surface area contributed by atoms with E-state index in [1.807, 2.05) is 12.1 Å². The number of benzene rings is 1. The Morgan fingerprint density at radius 2 is 2.00 bits per heavy atom. The van der Waals surface area contributed by atoms with Crippen LogP contribution >= 0.6 is 0 Å². The molecule has 0 amide bonds. The highest BCUT2D eigenvalue weighted by atomic mass is 15.1. The van der Waals surface area contributed by atoms with Crippen LogP contribution in [0.4, 0.5) is 5.69 Å². The van der Waals surface area contributed by atoms with E-state index in [1.54, 1.807) is 0 Å². The predicted octanol–water partition coefficient (Wildman–Crippen LogP) is 2.64. The maximum absolute atomic E-state index is 3.26. The van der Waals surface area contributed by atoms with Crippen LogP contribution in [0.3, 0.4) is 0 Å². The Bertz CT molecular complexity index is 239. The van der Waals surface area contributed by atoms with Crippen LogP contribution in [0.5, 0.6) is 0 Å². The van der Waals surface area contributed by atoms with E-state index in [4.69, 9.17) is 0 Å². The fourth-order valence-electron chi connectivity index (χ4n) is 1.39. The Balaban J connectivity index is 2.92. The fraction of sp³-hybridized carbons (Fsp3) is 0.455. The number of anilines is 1. The maximum atomic E-state index is 3.26. The highest BCUT2D eigenvalue weighted by Gasteiger charge is 2.02. The molecule has 0 N–H and O–H groups in total. The molecular weight excluding hydrogens is 146 g/mol. The van der Waals surface area contributed by atoms with Crippen LogP contribution in [-0.4, -0.2) is 13.1 Å². The van der Waals surface area contributed by atoms with E-state index < -0.39 is 0 Å². The van der Waals surface area contributed by atoms with Gasteiger partial charge in [-0.15, -0.1) is 0 Å². The predicted molar refractivity (Wildman–Crippen MR) is 53.6 cm³/mol. The summed E-state index contributed by atoms with van der Waals surface area (Å²) < 4.78 is 0. The summed E-state index contributed by atoms with van der Waals surface area (Å²) in [5.74, 6) is 0. The van der Waals surface area contributed by atoms with E-state index >= 15 is 0 Å². The number of para-hydroxylation sites is 1. The summed E-state index contributed by atoms with van der Waals surface area (Å²) in [4.78, 5) is 2.31. The minimum absolute atomic E-state index is 1.05. The molecule has 0 atom stereocenters. The van der Waals surface area contributed by atoms with Crippen LogP contribution in [0.2, 0.25) is 0 Å². The molecule has 1 aromatic carbocycles. The maximum Gasteiger partial charge on any atom is 0.0476 e. The van der Waals surface area contributed by atoms with E-state index in [0.29, 0.717) is 0 Å². The van der Waals surface area contributed by atoms with Crippen molar-refractivity contribution < 1.29 is 0 Å². The first kappa shape index (κ1) is 9.11. The molecule has 0 saturated heterocycles. The van der Waals surface area contributed by atoms with E-state index in [1.165, 1.54) is 11.3 Å². The van der Waals surface area contributed by atoms with Crippen molar-refractivity contribution in [3.63, 3.8) is 0 Å². The van der Waals surface area contributed by atoms with Gasteiger partial charge >= 0.3 is 0 Å². The van der Waals surface area contributed by atoms with Crippen molar-refractivity contribution in [1.29, 1.82) is 0 Å². The highest BCUT2D eigenvalue weighted by molar-refractivity contribution is 5.51. The molecule has 0 bridgehead atoms. The first-order valence-electron chi connectivity index (χ1n) is 4.51. The zero-order chi connectivity index (χ0) is 8.97. The standard InChI is InChI=1S/C11H16N/c1-4-12(5-2)11-9-7-6-8-10(11)3/h6-8H,4-5H2,1-3H3. The third-order valence-electron chi connectivity index (χ3n) is 2.12. The lowest BCUT2D eigenvalue weighted by Crippen LogP contribution is -2.22. The van der Waals surface area contributed by atoms with Crippen LogP contribution in [-0.2, 0) is 0 Å². The largest absolute Gasteiger partial charge is 0.371 e. The van der Waals surface area contributed by atoms with Gasteiger partial charge in [0.2, 0.25) is 0 Å². The number of hydrogen-bond donors (Lipinski definition) is 0. The number of hydrogen-bond acceptors (Lipinski definition) is 1. The van der Waals surface area contributed by atoms with Crippen molar-refractivity contribution in [2.75, 3.05) is 18.0 Å². The van der Waals surface area contributed by atoms with Gasteiger partial charge in [-0.05, 0) is 26.3 Å². The van der Waals surface area contributed by atoms with Gasteiger partial charge < -0.3 is 4.90 Å². The second-order valence-corrected chi connectivity index (χ2v) is 2.87. The summed E-state index contributed by atoms with van der Waals surface area (Å²) in [5, 5.41) is 0. The number of rotatable bonds is 3. The van der Waals surface area contributed by atoms with Crippen LogP contribution in [0.25, 0.3) is 0 Å². The number of nitrogens with zero attached hydrogens (tertiary/aromatic N) is 1. The third kappa shape index (κ3) is 1.79. The quantitative estimate of drug-likeness (QED) is 0.660. The molecule has 1 nitrogen and oxygen atoms in total. The van der Waals surface area contributed by atoms with Crippen molar-refractivity contribution in [3.05, 3.63) is 29.8 Å². The summed E-state index contributed by atoms with van der Waals surface area (Å²) in [7, 11) is 0. The monoisotopic (exact) mass is 162 g/mol. The van der Waals surface area contributed by atoms with Gasteiger partial charge in [0.1, 0.15) is 0 Å². The molecule has 0 spiro atoms. The molecule has 0 fully saturated rings. The molecule has 0 aromatic heterocycles. The van der Waals surface area contributed by atoms with Gasteiger partial charge in [0.25, 0.3) is 0 Å². The second kappa shape index (κ2) is 4.15. The molecule has 0 aliphatic heterocycles. The molecule has 0 heterocycles. The molecule has 12 heavy (non-hydrogen) atoms. The molecule has 1 rings (SSSR count). The average molecular weight is 162 g/mol. The minimum Gasteiger partial charge on any atom is -0.371 e. The highest BCUT2D eigenvalue weighted by Crippen LogP contribution is 2.17. The van der Waals surface area contributed by atoms with Crippen molar-refractivity contribution in [1.82, 2.24) is 0 Å². The van der Waals surface area contributed by atoms with Gasteiger partial charge in [0.05, 0.1) is 0 Å². The van der Waals surface area contributed by atoms with Crippen LogP contribution < -0.4 is 4.90 Å². The molecule has 0 unspecified atom stereocenters. The van der Waals surface area contributed by atoms with E-state index in [0.717, 1.165) is 13.1 Å². The molecule has 1 radical (unpaired) electrons. The topological polar surface area (TPSA) is 3.24 Å². The van der Waals surface area contributed by atoms with Gasteiger partial charge in [-0.2, -0.15) is 0 Å². The van der Waals surface area contributed by atoms with Crippen LogP contribution in [0, 0.1) is 13.0 Å². The van der Waals surface area contributed by atoms with Crippen molar-refractivity contribution in [3.8, 4) is 0 Å². The Morgan fingerprint density at radius 3 is 2.50 bits per heavy atom.